The van der Waals surface area contributed by atoms with E-state index in [1.807, 2.05) is 35.7 Å². The lowest BCUT2D eigenvalue weighted by Crippen LogP contribution is -2.49. The van der Waals surface area contributed by atoms with Crippen LogP contribution in [0.25, 0.3) is 10.1 Å². The molecule has 0 fully saturated rings. The number of anilines is 1. The largest absolute Gasteiger partial charge is 0.341 e. The summed E-state index contributed by atoms with van der Waals surface area (Å²) in [7, 11) is 0. The minimum atomic E-state index is -0.908. The van der Waals surface area contributed by atoms with Crippen LogP contribution in [0.4, 0.5) is 16.2 Å². The van der Waals surface area contributed by atoms with Crippen LogP contribution in [-0.2, 0) is 11.2 Å². The Balaban J connectivity index is 1.73. The van der Waals surface area contributed by atoms with Gasteiger partial charge >= 0.3 is 6.03 Å². The minimum absolute atomic E-state index is 0.0981. The number of non-ortho nitro benzene ring substituents is 1. The normalized spacial score (nSPS) is 11.3. The van der Waals surface area contributed by atoms with E-state index in [1.54, 1.807) is 11.3 Å². The Morgan fingerprint density at radius 2 is 1.90 bits per heavy atom. The molecule has 1 aromatic heterocycles. The average molecular weight is 423 g/mol. The predicted octanol–water partition coefficient (Wildman–Crippen LogP) is 3.18. The van der Waals surface area contributed by atoms with Crippen LogP contribution in [0, 0.1) is 21.4 Å². The number of fused-ring (bicyclic) bond motifs is 1. The first kappa shape index (κ1) is 20.8. The number of urea groups is 1. The molecule has 152 valence electrons. The van der Waals surface area contributed by atoms with E-state index in [9.17, 15) is 19.7 Å². The molecule has 3 rings (SSSR count). The van der Waals surface area contributed by atoms with Gasteiger partial charge in [-0.15, -0.1) is 11.3 Å². The zero-order chi connectivity index (χ0) is 21.5. The van der Waals surface area contributed by atoms with Crippen LogP contribution in [0.15, 0.2) is 53.9 Å². The molecule has 0 saturated carbocycles. The van der Waals surface area contributed by atoms with Crippen molar-refractivity contribution in [1.29, 1.82) is 5.26 Å². The monoisotopic (exact) mass is 423 g/mol. The Hall–Kier alpha value is -3.97. The molecule has 1 heterocycles. The number of nitrogens with one attached hydrogen (secondary N) is 3. The average Bonchev–Trinajstić information content (AvgIpc) is 3.15. The van der Waals surface area contributed by atoms with E-state index in [0.717, 1.165) is 15.6 Å². The third kappa shape index (κ3) is 5.09. The number of nitro benzene ring substituents is 1. The molecule has 0 spiro atoms. The summed E-state index contributed by atoms with van der Waals surface area (Å²) in [6.45, 7) is -0.175. The quantitative estimate of drug-likeness (QED) is 0.304. The second-order valence-electron chi connectivity index (χ2n) is 6.29. The van der Waals surface area contributed by atoms with Gasteiger partial charge in [-0.3, -0.25) is 14.9 Å². The van der Waals surface area contributed by atoms with Gasteiger partial charge in [0, 0.05) is 28.9 Å². The summed E-state index contributed by atoms with van der Waals surface area (Å²) in [4.78, 5) is 35.1. The highest BCUT2D eigenvalue weighted by molar-refractivity contribution is 7.17. The summed E-state index contributed by atoms with van der Waals surface area (Å²) in [5.41, 5.74) is 1.15. The molecule has 2 aromatic carbocycles. The van der Waals surface area contributed by atoms with Crippen molar-refractivity contribution in [3.8, 4) is 6.07 Å². The Morgan fingerprint density at radius 1 is 1.17 bits per heavy atom. The molecule has 0 aliphatic heterocycles. The van der Waals surface area contributed by atoms with Gasteiger partial charge in [0.25, 0.3) is 5.69 Å². The number of carbonyl (C=O) groups excluding carboxylic acids is 2. The Morgan fingerprint density at radius 3 is 2.60 bits per heavy atom. The third-order valence-corrected chi connectivity index (χ3v) is 5.30. The number of thiophene rings is 1. The highest BCUT2D eigenvalue weighted by atomic mass is 32.1. The molecule has 0 saturated heterocycles. The standard InChI is InChI=1S/C20H17N5O4S/c21-9-10-22-19(26)17(11-13-12-30-18-4-2-1-3-16(13)18)24-20(27)23-14-5-7-15(8-6-14)25(28)29/h1-8,12,17H,10-11H2,(H,22,26)(H2,23,24,27). The molecule has 0 bridgehead atoms. The highest BCUT2D eigenvalue weighted by Crippen LogP contribution is 2.26. The number of hydrogen-bond donors (Lipinski definition) is 3. The zero-order valence-corrected chi connectivity index (χ0v) is 16.4. The summed E-state index contributed by atoms with van der Waals surface area (Å²) in [6.07, 6.45) is 0.245. The lowest BCUT2D eigenvalue weighted by atomic mass is 10.0. The van der Waals surface area contributed by atoms with E-state index < -0.39 is 22.9 Å². The summed E-state index contributed by atoms with van der Waals surface area (Å²) in [5, 5.41) is 30.0. The van der Waals surface area contributed by atoms with E-state index >= 15 is 0 Å². The molecule has 3 N–H and O–H groups in total. The van der Waals surface area contributed by atoms with Gasteiger partial charge in [-0.05, 0) is 34.5 Å². The van der Waals surface area contributed by atoms with Crippen LogP contribution in [-0.4, -0.2) is 29.4 Å². The number of rotatable bonds is 7. The SMILES string of the molecule is N#CCNC(=O)C(Cc1csc2ccccc12)NC(=O)Nc1ccc([N+](=O)[O-])cc1. The number of amides is 3. The molecule has 10 heteroatoms. The number of hydrogen-bond acceptors (Lipinski definition) is 6. The van der Waals surface area contributed by atoms with Gasteiger partial charge in [0.15, 0.2) is 0 Å². The molecule has 1 atom stereocenters. The van der Waals surface area contributed by atoms with Crippen molar-refractivity contribution in [2.24, 2.45) is 0 Å². The minimum Gasteiger partial charge on any atom is -0.341 e. The van der Waals surface area contributed by atoms with E-state index in [1.165, 1.54) is 24.3 Å². The Labute approximate surface area is 175 Å². The van der Waals surface area contributed by atoms with E-state index in [2.05, 4.69) is 16.0 Å². The maximum absolute atomic E-state index is 12.5. The smallest absolute Gasteiger partial charge is 0.319 e. The van der Waals surface area contributed by atoms with Gasteiger partial charge in [0.2, 0.25) is 5.91 Å². The summed E-state index contributed by atoms with van der Waals surface area (Å²) in [6, 6.07) is 13.4. The molecule has 3 amide bonds. The number of nitrogens with zero attached hydrogens (tertiary/aromatic N) is 2. The van der Waals surface area contributed by atoms with E-state index in [0.29, 0.717) is 5.69 Å². The topological polar surface area (TPSA) is 137 Å². The molecule has 0 radical (unpaired) electrons. The Bertz CT molecular complexity index is 1120. The van der Waals surface area contributed by atoms with Crippen molar-refractivity contribution < 1.29 is 14.5 Å². The van der Waals surface area contributed by atoms with Crippen molar-refractivity contribution in [3.63, 3.8) is 0 Å². The first-order valence-corrected chi connectivity index (χ1v) is 9.77. The van der Waals surface area contributed by atoms with Gasteiger partial charge in [0.05, 0.1) is 11.0 Å². The maximum atomic E-state index is 12.5. The first-order valence-electron chi connectivity index (χ1n) is 8.89. The summed E-state index contributed by atoms with van der Waals surface area (Å²) in [5.74, 6) is -0.481. The van der Waals surface area contributed by atoms with E-state index in [-0.39, 0.29) is 18.7 Å². The fourth-order valence-corrected chi connectivity index (χ4v) is 3.84. The van der Waals surface area contributed by atoms with E-state index in [4.69, 9.17) is 5.26 Å². The van der Waals surface area contributed by atoms with Gasteiger partial charge in [-0.1, -0.05) is 18.2 Å². The number of nitro groups is 1. The van der Waals surface area contributed by atoms with Crippen molar-refractivity contribution in [3.05, 3.63) is 69.6 Å². The summed E-state index contributed by atoms with van der Waals surface area (Å²) < 4.78 is 1.07. The fraction of sp³-hybridized carbons (Fsp3) is 0.150. The van der Waals surface area contributed by atoms with Crippen LogP contribution in [0.1, 0.15) is 5.56 Å². The molecule has 9 nitrogen and oxygen atoms in total. The van der Waals surface area contributed by atoms with Gasteiger partial charge in [-0.2, -0.15) is 5.26 Å². The van der Waals surface area contributed by atoms with Crippen LogP contribution < -0.4 is 16.0 Å². The van der Waals surface area contributed by atoms with Crippen molar-refractivity contribution in [2.75, 3.05) is 11.9 Å². The number of benzene rings is 2. The van der Waals surface area contributed by atoms with Crippen LogP contribution in [0.2, 0.25) is 0 Å². The Kier molecular flexibility index (Phi) is 6.56. The third-order valence-electron chi connectivity index (χ3n) is 4.28. The maximum Gasteiger partial charge on any atom is 0.319 e. The first-order chi connectivity index (χ1) is 14.5. The van der Waals surface area contributed by atoms with Gasteiger partial charge in [-0.25, -0.2) is 4.79 Å². The second kappa shape index (κ2) is 9.49. The highest BCUT2D eigenvalue weighted by Gasteiger charge is 2.22. The van der Waals surface area contributed by atoms with Gasteiger partial charge < -0.3 is 16.0 Å². The number of carbonyl (C=O) groups is 2. The van der Waals surface area contributed by atoms with Crippen LogP contribution in [0.5, 0.6) is 0 Å². The van der Waals surface area contributed by atoms with Crippen molar-refractivity contribution >= 4 is 44.7 Å². The molecular formula is C20H17N5O4S. The van der Waals surface area contributed by atoms with Crippen LogP contribution >= 0.6 is 11.3 Å². The lowest BCUT2D eigenvalue weighted by molar-refractivity contribution is -0.384. The lowest BCUT2D eigenvalue weighted by Gasteiger charge is -2.18. The molecular weight excluding hydrogens is 406 g/mol. The van der Waals surface area contributed by atoms with Gasteiger partial charge in [0.1, 0.15) is 12.6 Å². The second-order valence-corrected chi connectivity index (χ2v) is 7.20. The summed E-state index contributed by atoms with van der Waals surface area (Å²) >= 11 is 1.54. The van der Waals surface area contributed by atoms with Crippen molar-refractivity contribution in [1.82, 2.24) is 10.6 Å². The molecule has 0 aliphatic carbocycles. The predicted molar refractivity (Wildman–Crippen MR) is 113 cm³/mol. The molecule has 0 aliphatic rings. The zero-order valence-electron chi connectivity index (χ0n) is 15.6. The number of nitriles is 1. The van der Waals surface area contributed by atoms with Crippen LogP contribution in [0.3, 0.4) is 0 Å². The molecule has 30 heavy (non-hydrogen) atoms. The fourth-order valence-electron chi connectivity index (χ4n) is 2.86. The van der Waals surface area contributed by atoms with Crippen molar-refractivity contribution in [2.45, 2.75) is 12.5 Å². The molecule has 3 aromatic rings. The molecule has 1 unspecified atom stereocenters.